The average Bonchev–Trinajstić information content (AvgIpc) is 2.74. The Morgan fingerprint density at radius 3 is 2.33 bits per heavy atom. The first-order chi connectivity index (χ1) is 7.25. The Labute approximate surface area is 93.0 Å². The maximum atomic E-state index is 12.0. The van der Waals surface area contributed by atoms with Gasteiger partial charge in [0.1, 0.15) is 5.78 Å². The van der Waals surface area contributed by atoms with Crippen molar-refractivity contribution in [3.8, 4) is 0 Å². The number of carbonyl (C=O) groups excluding carboxylic acids is 1. The molecule has 0 atom stereocenters. The predicted octanol–water partition coefficient (Wildman–Crippen LogP) is 2.48. The van der Waals surface area contributed by atoms with Crippen LogP contribution in [-0.4, -0.2) is 30.3 Å². The first-order valence-electron chi connectivity index (χ1n) is 6.51. The van der Waals surface area contributed by atoms with Crippen LogP contribution in [0.5, 0.6) is 0 Å². The third-order valence-corrected chi connectivity index (χ3v) is 4.07. The van der Waals surface area contributed by atoms with E-state index in [0.29, 0.717) is 11.7 Å². The van der Waals surface area contributed by atoms with Gasteiger partial charge in [-0.05, 0) is 44.7 Å². The van der Waals surface area contributed by atoms with Gasteiger partial charge in [0.2, 0.25) is 0 Å². The van der Waals surface area contributed by atoms with Gasteiger partial charge < -0.3 is 0 Å². The van der Waals surface area contributed by atoms with Gasteiger partial charge in [-0.2, -0.15) is 0 Å². The molecule has 86 valence electrons. The van der Waals surface area contributed by atoms with E-state index in [-0.39, 0.29) is 0 Å². The molecule has 1 aliphatic heterocycles. The first kappa shape index (κ1) is 11.1. The summed E-state index contributed by atoms with van der Waals surface area (Å²) in [6.45, 7) is 5.33. The Kier molecular flexibility index (Phi) is 3.79. The van der Waals surface area contributed by atoms with Crippen LogP contribution in [0.2, 0.25) is 0 Å². The van der Waals surface area contributed by atoms with Gasteiger partial charge in [0.05, 0.1) is 6.54 Å². The minimum atomic E-state index is 0.407. The molecule has 0 unspecified atom stereocenters. The molecule has 2 nitrogen and oxygen atoms in total. The van der Waals surface area contributed by atoms with E-state index >= 15 is 0 Å². The highest BCUT2D eigenvalue weighted by Crippen LogP contribution is 2.26. The number of piperidine rings is 1. The Morgan fingerprint density at radius 2 is 1.73 bits per heavy atom. The SMILES string of the molecule is CC1CCN(CC(=O)C2CCCC2)CC1. The molecule has 2 aliphatic rings. The molecule has 0 aromatic heterocycles. The second-order valence-electron chi connectivity index (χ2n) is 5.41. The van der Waals surface area contributed by atoms with Crippen LogP contribution in [0.4, 0.5) is 0 Å². The largest absolute Gasteiger partial charge is 0.298 e. The second-order valence-corrected chi connectivity index (χ2v) is 5.41. The van der Waals surface area contributed by atoms with E-state index in [1.807, 2.05) is 0 Å². The van der Waals surface area contributed by atoms with Crippen LogP contribution < -0.4 is 0 Å². The molecular weight excluding hydrogens is 186 g/mol. The first-order valence-corrected chi connectivity index (χ1v) is 6.51. The fourth-order valence-electron chi connectivity index (χ4n) is 2.82. The predicted molar refractivity (Wildman–Crippen MR) is 61.8 cm³/mol. The van der Waals surface area contributed by atoms with Crippen LogP contribution in [0.3, 0.4) is 0 Å². The zero-order valence-electron chi connectivity index (χ0n) is 9.87. The minimum Gasteiger partial charge on any atom is -0.298 e. The normalized spacial score (nSPS) is 25.9. The molecule has 2 rings (SSSR count). The van der Waals surface area contributed by atoms with Gasteiger partial charge in [-0.25, -0.2) is 0 Å². The number of nitrogens with zero attached hydrogens (tertiary/aromatic N) is 1. The van der Waals surface area contributed by atoms with Crippen LogP contribution in [-0.2, 0) is 4.79 Å². The molecule has 2 fully saturated rings. The summed E-state index contributed by atoms with van der Waals surface area (Å²) in [4.78, 5) is 14.3. The number of Topliss-reactive ketones (excluding diaryl/α,β-unsaturated/α-hetero) is 1. The molecule has 0 aromatic rings. The molecule has 0 N–H and O–H groups in total. The Morgan fingerprint density at radius 1 is 1.13 bits per heavy atom. The lowest BCUT2D eigenvalue weighted by atomic mass is 9.97. The van der Waals surface area contributed by atoms with Crippen LogP contribution in [0.25, 0.3) is 0 Å². The summed E-state index contributed by atoms with van der Waals surface area (Å²) in [5.74, 6) is 1.79. The fraction of sp³-hybridized carbons (Fsp3) is 0.923. The van der Waals surface area contributed by atoms with Crippen molar-refractivity contribution in [1.82, 2.24) is 4.90 Å². The summed E-state index contributed by atoms with van der Waals surface area (Å²) in [5.41, 5.74) is 0. The molecule has 0 amide bonds. The maximum Gasteiger partial charge on any atom is 0.149 e. The van der Waals surface area contributed by atoms with E-state index in [4.69, 9.17) is 0 Å². The monoisotopic (exact) mass is 209 g/mol. The van der Waals surface area contributed by atoms with Gasteiger partial charge in [0.15, 0.2) is 0 Å². The van der Waals surface area contributed by atoms with E-state index in [0.717, 1.165) is 38.4 Å². The maximum absolute atomic E-state index is 12.0. The van der Waals surface area contributed by atoms with Crippen molar-refractivity contribution in [2.75, 3.05) is 19.6 Å². The van der Waals surface area contributed by atoms with E-state index < -0.39 is 0 Å². The molecule has 0 aromatic carbocycles. The number of rotatable bonds is 3. The number of hydrogen-bond acceptors (Lipinski definition) is 2. The minimum absolute atomic E-state index is 0.407. The Balaban J connectivity index is 1.74. The quantitative estimate of drug-likeness (QED) is 0.711. The fourth-order valence-corrected chi connectivity index (χ4v) is 2.82. The van der Waals surface area contributed by atoms with Crippen molar-refractivity contribution >= 4 is 5.78 Å². The third kappa shape index (κ3) is 3.04. The zero-order chi connectivity index (χ0) is 10.7. The van der Waals surface area contributed by atoms with Crippen molar-refractivity contribution in [2.45, 2.75) is 45.4 Å². The van der Waals surface area contributed by atoms with E-state index in [2.05, 4.69) is 11.8 Å². The summed E-state index contributed by atoms with van der Waals surface area (Å²) < 4.78 is 0. The van der Waals surface area contributed by atoms with E-state index in [1.165, 1.54) is 25.7 Å². The van der Waals surface area contributed by atoms with Gasteiger partial charge >= 0.3 is 0 Å². The van der Waals surface area contributed by atoms with Crippen molar-refractivity contribution in [3.63, 3.8) is 0 Å². The number of likely N-dealkylation sites (tertiary alicyclic amines) is 1. The molecular formula is C13H23NO. The summed E-state index contributed by atoms with van der Waals surface area (Å²) >= 11 is 0. The van der Waals surface area contributed by atoms with Gasteiger partial charge in [0.25, 0.3) is 0 Å². The number of hydrogen-bond donors (Lipinski definition) is 0. The lowest BCUT2D eigenvalue weighted by molar-refractivity contribution is -0.124. The van der Waals surface area contributed by atoms with Gasteiger partial charge in [0, 0.05) is 5.92 Å². The Bertz CT molecular complexity index is 213. The number of carbonyl (C=O) groups is 1. The molecule has 0 bridgehead atoms. The topological polar surface area (TPSA) is 20.3 Å². The smallest absolute Gasteiger partial charge is 0.149 e. The third-order valence-electron chi connectivity index (χ3n) is 4.07. The summed E-state index contributed by atoms with van der Waals surface area (Å²) in [5, 5.41) is 0. The lowest BCUT2D eigenvalue weighted by Gasteiger charge is -2.30. The molecule has 0 spiro atoms. The molecule has 2 heteroatoms. The van der Waals surface area contributed by atoms with Crippen LogP contribution in [0.15, 0.2) is 0 Å². The lowest BCUT2D eigenvalue weighted by Crippen LogP contribution is -2.38. The second kappa shape index (κ2) is 5.11. The molecule has 1 aliphatic carbocycles. The van der Waals surface area contributed by atoms with Crippen molar-refractivity contribution < 1.29 is 4.79 Å². The summed E-state index contributed by atoms with van der Waals surface area (Å²) in [6.07, 6.45) is 7.41. The summed E-state index contributed by atoms with van der Waals surface area (Å²) in [7, 11) is 0. The molecule has 0 radical (unpaired) electrons. The van der Waals surface area contributed by atoms with Crippen LogP contribution >= 0.6 is 0 Å². The van der Waals surface area contributed by atoms with Crippen molar-refractivity contribution in [3.05, 3.63) is 0 Å². The molecule has 1 saturated heterocycles. The highest BCUT2D eigenvalue weighted by molar-refractivity contribution is 5.83. The zero-order valence-corrected chi connectivity index (χ0v) is 9.87. The molecule has 1 saturated carbocycles. The number of ketones is 1. The highest BCUT2D eigenvalue weighted by Gasteiger charge is 2.25. The molecule has 1 heterocycles. The van der Waals surface area contributed by atoms with Gasteiger partial charge in [-0.15, -0.1) is 0 Å². The Hall–Kier alpha value is -0.370. The standard InChI is InChI=1S/C13H23NO/c1-11-6-8-14(9-7-11)10-13(15)12-4-2-3-5-12/h11-12H,2-10H2,1H3. The van der Waals surface area contributed by atoms with Gasteiger partial charge in [-0.3, -0.25) is 9.69 Å². The van der Waals surface area contributed by atoms with Gasteiger partial charge in [-0.1, -0.05) is 19.8 Å². The van der Waals surface area contributed by atoms with E-state index in [9.17, 15) is 4.79 Å². The molecule has 15 heavy (non-hydrogen) atoms. The van der Waals surface area contributed by atoms with Crippen molar-refractivity contribution in [1.29, 1.82) is 0 Å². The van der Waals surface area contributed by atoms with Crippen molar-refractivity contribution in [2.24, 2.45) is 11.8 Å². The van der Waals surface area contributed by atoms with E-state index in [1.54, 1.807) is 0 Å². The summed E-state index contributed by atoms with van der Waals surface area (Å²) in [6, 6.07) is 0. The highest BCUT2D eigenvalue weighted by atomic mass is 16.1. The van der Waals surface area contributed by atoms with Crippen LogP contribution in [0.1, 0.15) is 45.4 Å². The van der Waals surface area contributed by atoms with Crippen LogP contribution in [0, 0.1) is 11.8 Å². The average molecular weight is 209 g/mol.